The molecule has 0 aliphatic carbocycles. The van der Waals surface area contributed by atoms with Gasteiger partial charge < -0.3 is 19.9 Å². The monoisotopic (exact) mass is 365 g/mol. The average Bonchev–Trinajstić information content (AvgIpc) is 3.06. The van der Waals surface area contributed by atoms with Gasteiger partial charge in [0.2, 0.25) is 0 Å². The number of ether oxygens (including phenoxy) is 1. The van der Waals surface area contributed by atoms with Crippen LogP contribution in [0.25, 0.3) is 10.9 Å². The van der Waals surface area contributed by atoms with Gasteiger partial charge in [0.15, 0.2) is 0 Å². The number of rotatable bonds is 6. The maximum absolute atomic E-state index is 12.7. The van der Waals surface area contributed by atoms with Gasteiger partial charge in [-0.05, 0) is 68.9 Å². The van der Waals surface area contributed by atoms with Crippen LogP contribution in [0.3, 0.4) is 0 Å². The minimum atomic E-state index is -0.0991. The molecule has 1 aromatic heterocycles. The maximum Gasteiger partial charge on any atom is 0.267 e. The number of nitrogens with one attached hydrogen (secondary N) is 2. The van der Waals surface area contributed by atoms with Gasteiger partial charge in [-0.3, -0.25) is 4.79 Å². The van der Waals surface area contributed by atoms with Crippen LogP contribution in [0.4, 0.5) is 0 Å². The number of aromatic nitrogens is 1. The number of fused-ring (bicyclic) bond motifs is 1. The normalized spacial score (nSPS) is 12.4. The molecule has 0 aliphatic heterocycles. The highest BCUT2D eigenvalue weighted by Gasteiger charge is 2.18. The maximum atomic E-state index is 12.7. The van der Waals surface area contributed by atoms with Gasteiger partial charge in [0.25, 0.3) is 5.91 Å². The van der Waals surface area contributed by atoms with Crippen LogP contribution in [0, 0.1) is 13.8 Å². The molecule has 2 aromatic carbocycles. The molecule has 3 aromatic rings. The minimum absolute atomic E-state index is 0.0532. The van der Waals surface area contributed by atoms with Crippen LogP contribution in [0.5, 0.6) is 5.75 Å². The molecule has 1 atom stereocenters. The molecule has 1 unspecified atom stereocenters. The molecular weight excluding hydrogens is 338 g/mol. The Morgan fingerprint density at radius 1 is 1.19 bits per heavy atom. The van der Waals surface area contributed by atoms with Crippen LogP contribution in [0.2, 0.25) is 0 Å². The van der Waals surface area contributed by atoms with Gasteiger partial charge >= 0.3 is 0 Å². The summed E-state index contributed by atoms with van der Waals surface area (Å²) in [5.41, 5.74) is 5.03. The Morgan fingerprint density at radius 2 is 1.96 bits per heavy atom. The minimum Gasteiger partial charge on any atom is -0.497 e. The quantitative estimate of drug-likeness (QED) is 0.698. The fraction of sp³-hybridized carbons (Fsp3) is 0.318. The summed E-state index contributed by atoms with van der Waals surface area (Å²) in [5.74, 6) is 0.713. The summed E-state index contributed by atoms with van der Waals surface area (Å²) in [6.07, 6.45) is 0. The lowest BCUT2D eigenvalue weighted by Crippen LogP contribution is -2.34. The van der Waals surface area contributed by atoms with E-state index in [1.54, 1.807) is 7.11 Å². The predicted octanol–water partition coefficient (Wildman–Crippen LogP) is 3.83. The number of methoxy groups -OCH3 is 1. The highest BCUT2D eigenvalue weighted by molar-refractivity contribution is 5.99. The molecule has 142 valence electrons. The molecule has 27 heavy (non-hydrogen) atoms. The number of aromatic amines is 1. The van der Waals surface area contributed by atoms with E-state index in [4.69, 9.17) is 4.74 Å². The number of hydrogen-bond donors (Lipinski definition) is 2. The van der Waals surface area contributed by atoms with Gasteiger partial charge in [-0.2, -0.15) is 0 Å². The van der Waals surface area contributed by atoms with Crippen molar-refractivity contribution < 1.29 is 9.53 Å². The number of hydrogen-bond acceptors (Lipinski definition) is 3. The number of H-pyrrole nitrogens is 1. The first-order valence-electron chi connectivity index (χ1n) is 9.07. The van der Waals surface area contributed by atoms with Crippen LogP contribution in [-0.2, 0) is 0 Å². The van der Waals surface area contributed by atoms with Crippen LogP contribution < -0.4 is 10.1 Å². The van der Waals surface area contributed by atoms with Crippen LogP contribution in [-0.4, -0.2) is 43.5 Å². The summed E-state index contributed by atoms with van der Waals surface area (Å²) in [6.45, 7) is 4.63. The topological polar surface area (TPSA) is 57.4 Å². The van der Waals surface area contributed by atoms with Crippen molar-refractivity contribution in [3.05, 3.63) is 64.8 Å². The number of likely N-dealkylation sites (N-methyl/N-ethyl adjacent to an activating group) is 1. The molecule has 5 heteroatoms. The van der Waals surface area contributed by atoms with E-state index in [0.717, 1.165) is 22.2 Å². The van der Waals surface area contributed by atoms with Crippen molar-refractivity contribution in [1.29, 1.82) is 0 Å². The van der Waals surface area contributed by atoms with E-state index >= 15 is 0 Å². The van der Waals surface area contributed by atoms with Crippen molar-refractivity contribution in [2.45, 2.75) is 19.9 Å². The molecule has 1 amide bonds. The molecular formula is C22H27N3O2. The van der Waals surface area contributed by atoms with E-state index in [1.807, 2.05) is 38.4 Å². The number of benzene rings is 2. The molecule has 5 nitrogen and oxygen atoms in total. The summed E-state index contributed by atoms with van der Waals surface area (Å²) in [6, 6.07) is 14.1. The second-order valence-electron chi connectivity index (χ2n) is 7.19. The fourth-order valence-corrected chi connectivity index (χ4v) is 3.45. The number of carbonyl (C=O) groups is 1. The van der Waals surface area contributed by atoms with Crippen molar-refractivity contribution in [3.63, 3.8) is 0 Å². The third-order valence-electron chi connectivity index (χ3n) is 4.89. The van der Waals surface area contributed by atoms with E-state index in [1.165, 1.54) is 11.1 Å². The molecule has 3 rings (SSSR count). The van der Waals surface area contributed by atoms with Gasteiger partial charge in [-0.25, -0.2) is 0 Å². The number of nitrogens with zero attached hydrogens (tertiary/aromatic N) is 1. The molecule has 2 N–H and O–H groups in total. The Bertz CT molecular complexity index is 959. The van der Waals surface area contributed by atoms with E-state index in [2.05, 4.69) is 47.2 Å². The lowest BCUT2D eigenvalue weighted by atomic mass is 10.1. The molecule has 0 bridgehead atoms. The molecule has 0 spiro atoms. The van der Waals surface area contributed by atoms with E-state index in [0.29, 0.717) is 12.2 Å². The first-order valence-corrected chi connectivity index (χ1v) is 9.07. The Balaban J connectivity index is 1.77. The van der Waals surface area contributed by atoms with Crippen molar-refractivity contribution in [2.24, 2.45) is 0 Å². The molecule has 0 saturated heterocycles. The predicted molar refractivity (Wildman–Crippen MR) is 110 cm³/mol. The average molecular weight is 365 g/mol. The Hall–Kier alpha value is -2.79. The fourth-order valence-electron chi connectivity index (χ4n) is 3.45. The van der Waals surface area contributed by atoms with Crippen LogP contribution in [0.15, 0.2) is 42.5 Å². The van der Waals surface area contributed by atoms with Crippen molar-refractivity contribution in [1.82, 2.24) is 15.2 Å². The lowest BCUT2D eigenvalue weighted by molar-refractivity contribution is 0.0937. The van der Waals surface area contributed by atoms with Gasteiger partial charge in [0, 0.05) is 17.4 Å². The Morgan fingerprint density at radius 3 is 2.67 bits per heavy atom. The summed E-state index contributed by atoms with van der Waals surface area (Å²) in [7, 11) is 5.67. The first-order chi connectivity index (χ1) is 12.9. The van der Waals surface area contributed by atoms with Gasteiger partial charge in [-0.1, -0.05) is 18.2 Å². The van der Waals surface area contributed by atoms with Crippen LogP contribution >= 0.6 is 0 Å². The smallest absolute Gasteiger partial charge is 0.267 e. The van der Waals surface area contributed by atoms with E-state index in [9.17, 15) is 4.79 Å². The largest absolute Gasteiger partial charge is 0.497 e. The SMILES string of the molecule is COc1cccc(C(CNC(=O)c2cc3c(C)cc(C)cc3[nH]2)N(C)C)c1. The number of amides is 1. The summed E-state index contributed by atoms with van der Waals surface area (Å²) >= 11 is 0. The summed E-state index contributed by atoms with van der Waals surface area (Å²) in [5, 5.41) is 4.14. The highest BCUT2D eigenvalue weighted by Crippen LogP contribution is 2.23. The molecule has 1 heterocycles. The number of aryl methyl sites for hydroxylation is 2. The first kappa shape index (κ1) is 19.0. The van der Waals surface area contributed by atoms with Crippen molar-refractivity contribution >= 4 is 16.8 Å². The third-order valence-corrected chi connectivity index (χ3v) is 4.89. The molecule has 0 aliphatic rings. The zero-order chi connectivity index (χ0) is 19.6. The molecule has 0 radical (unpaired) electrons. The second kappa shape index (κ2) is 7.84. The standard InChI is InChI=1S/C22H27N3O2/c1-14-9-15(2)18-12-20(24-19(18)10-14)22(26)23-13-21(25(3)4)16-7-6-8-17(11-16)27-5/h6-12,21,24H,13H2,1-5H3,(H,23,26). The molecule has 0 saturated carbocycles. The van der Waals surface area contributed by atoms with Gasteiger partial charge in [-0.15, -0.1) is 0 Å². The van der Waals surface area contributed by atoms with Gasteiger partial charge in [0.05, 0.1) is 13.2 Å². The van der Waals surface area contributed by atoms with Gasteiger partial charge in [0.1, 0.15) is 11.4 Å². The Labute approximate surface area is 160 Å². The highest BCUT2D eigenvalue weighted by atomic mass is 16.5. The third kappa shape index (κ3) is 4.14. The van der Waals surface area contributed by atoms with E-state index in [-0.39, 0.29) is 11.9 Å². The molecule has 0 fully saturated rings. The number of carbonyl (C=O) groups excluding carboxylic acids is 1. The zero-order valence-electron chi connectivity index (χ0n) is 16.6. The Kier molecular flexibility index (Phi) is 5.51. The lowest BCUT2D eigenvalue weighted by Gasteiger charge is -2.25. The van der Waals surface area contributed by atoms with Crippen LogP contribution in [0.1, 0.15) is 33.2 Å². The van der Waals surface area contributed by atoms with Crippen molar-refractivity contribution in [2.75, 3.05) is 27.7 Å². The van der Waals surface area contributed by atoms with Crippen molar-refractivity contribution in [3.8, 4) is 5.75 Å². The summed E-state index contributed by atoms with van der Waals surface area (Å²) < 4.78 is 5.32. The zero-order valence-corrected chi connectivity index (χ0v) is 16.6. The summed E-state index contributed by atoms with van der Waals surface area (Å²) in [4.78, 5) is 18.0. The second-order valence-corrected chi connectivity index (χ2v) is 7.19. The van der Waals surface area contributed by atoms with E-state index < -0.39 is 0 Å².